The molecule has 1 aromatic rings. The normalized spacial score (nSPS) is 12.8. The van der Waals surface area contributed by atoms with Gasteiger partial charge in [0.1, 0.15) is 18.1 Å². The maximum atomic E-state index is 10.8. The SMILES string of the molecule is CCC(C(=O)O)c1ncnn1CC. The lowest BCUT2D eigenvalue weighted by atomic mass is 10.1. The molecule has 1 unspecified atom stereocenters. The van der Waals surface area contributed by atoms with E-state index >= 15 is 0 Å². The number of rotatable bonds is 4. The summed E-state index contributed by atoms with van der Waals surface area (Å²) >= 11 is 0. The Labute approximate surface area is 76.4 Å². The van der Waals surface area contributed by atoms with Gasteiger partial charge in [-0.15, -0.1) is 0 Å². The van der Waals surface area contributed by atoms with Crippen molar-refractivity contribution in [2.75, 3.05) is 0 Å². The van der Waals surface area contributed by atoms with Crippen LogP contribution in [0.5, 0.6) is 0 Å². The van der Waals surface area contributed by atoms with E-state index in [-0.39, 0.29) is 0 Å². The van der Waals surface area contributed by atoms with Crippen molar-refractivity contribution in [3.63, 3.8) is 0 Å². The highest BCUT2D eigenvalue weighted by atomic mass is 16.4. The summed E-state index contributed by atoms with van der Waals surface area (Å²) in [5.74, 6) is -0.842. The van der Waals surface area contributed by atoms with Crippen LogP contribution in [0.2, 0.25) is 0 Å². The van der Waals surface area contributed by atoms with Crippen LogP contribution in [0.15, 0.2) is 6.33 Å². The molecule has 1 aromatic heterocycles. The molecule has 0 aliphatic rings. The first-order valence-corrected chi connectivity index (χ1v) is 4.31. The molecule has 5 nitrogen and oxygen atoms in total. The lowest BCUT2D eigenvalue weighted by molar-refractivity contribution is -0.139. The minimum Gasteiger partial charge on any atom is -0.481 e. The molecule has 1 heterocycles. The van der Waals surface area contributed by atoms with Crippen LogP contribution in [0.3, 0.4) is 0 Å². The molecule has 0 spiro atoms. The molecular formula is C8H13N3O2. The topological polar surface area (TPSA) is 68.0 Å². The van der Waals surface area contributed by atoms with Gasteiger partial charge < -0.3 is 5.11 Å². The third kappa shape index (κ3) is 1.85. The fourth-order valence-corrected chi connectivity index (χ4v) is 1.25. The average Bonchev–Trinajstić information content (AvgIpc) is 2.53. The Kier molecular flexibility index (Phi) is 3.00. The highest BCUT2D eigenvalue weighted by Crippen LogP contribution is 2.16. The Bertz CT molecular complexity index is 295. The minimum atomic E-state index is -0.842. The van der Waals surface area contributed by atoms with Gasteiger partial charge in [-0.2, -0.15) is 5.10 Å². The number of hydrogen-bond acceptors (Lipinski definition) is 3. The van der Waals surface area contributed by atoms with Gasteiger partial charge in [-0.1, -0.05) is 6.92 Å². The van der Waals surface area contributed by atoms with Crippen molar-refractivity contribution in [3.8, 4) is 0 Å². The molecule has 13 heavy (non-hydrogen) atoms. The Morgan fingerprint density at radius 3 is 2.85 bits per heavy atom. The van der Waals surface area contributed by atoms with Gasteiger partial charge >= 0.3 is 5.97 Å². The molecule has 0 fully saturated rings. The molecule has 0 saturated carbocycles. The molecule has 1 rings (SSSR count). The fraction of sp³-hybridized carbons (Fsp3) is 0.625. The number of carboxylic acid groups (broad SMARTS) is 1. The summed E-state index contributed by atoms with van der Waals surface area (Å²) in [5.41, 5.74) is 0. The van der Waals surface area contributed by atoms with E-state index in [0.717, 1.165) is 0 Å². The molecule has 1 N–H and O–H groups in total. The van der Waals surface area contributed by atoms with Gasteiger partial charge in [0.05, 0.1) is 0 Å². The molecule has 0 saturated heterocycles. The summed E-state index contributed by atoms with van der Waals surface area (Å²) in [6.45, 7) is 4.39. The number of hydrogen-bond donors (Lipinski definition) is 1. The fourth-order valence-electron chi connectivity index (χ4n) is 1.25. The van der Waals surface area contributed by atoms with Gasteiger partial charge in [0.2, 0.25) is 0 Å². The molecule has 0 bridgehead atoms. The van der Waals surface area contributed by atoms with Crippen LogP contribution in [0.4, 0.5) is 0 Å². The summed E-state index contributed by atoms with van der Waals surface area (Å²) in [7, 11) is 0. The lowest BCUT2D eigenvalue weighted by Crippen LogP contribution is -2.16. The van der Waals surface area contributed by atoms with Gasteiger partial charge in [-0.25, -0.2) is 9.67 Å². The second-order valence-corrected chi connectivity index (χ2v) is 2.73. The maximum absolute atomic E-state index is 10.8. The molecule has 0 aliphatic heterocycles. The van der Waals surface area contributed by atoms with Crippen molar-refractivity contribution < 1.29 is 9.90 Å². The number of carbonyl (C=O) groups is 1. The van der Waals surface area contributed by atoms with Crippen molar-refractivity contribution in [1.82, 2.24) is 14.8 Å². The van der Waals surface area contributed by atoms with Crippen LogP contribution in [0, 0.1) is 0 Å². The second-order valence-electron chi connectivity index (χ2n) is 2.73. The first kappa shape index (κ1) is 9.70. The molecule has 1 atom stereocenters. The summed E-state index contributed by atoms with van der Waals surface area (Å²) in [6, 6.07) is 0. The van der Waals surface area contributed by atoms with Gasteiger partial charge in [0, 0.05) is 6.54 Å². The number of carboxylic acids is 1. The van der Waals surface area contributed by atoms with Crippen LogP contribution in [0.1, 0.15) is 32.0 Å². The van der Waals surface area contributed by atoms with Crippen LogP contribution in [0.25, 0.3) is 0 Å². The second kappa shape index (κ2) is 4.02. The summed E-state index contributed by atoms with van der Waals surface area (Å²) in [6.07, 6.45) is 1.93. The van der Waals surface area contributed by atoms with Crippen molar-refractivity contribution >= 4 is 5.97 Å². The van der Waals surface area contributed by atoms with E-state index in [1.807, 2.05) is 13.8 Å². The molecule has 0 amide bonds. The van der Waals surface area contributed by atoms with Gasteiger partial charge in [-0.3, -0.25) is 4.79 Å². The standard InChI is InChI=1S/C8H13N3O2/c1-3-6(8(12)13)7-9-5-10-11(7)4-2/h5-6H,3-4H2,1-2H3,(H,12,13). The third-order valence-electron chi connectivity index (χ3n) is 1.96. The van der Waals surface area contributed by atoms with Crippen molar-refractivity contribution in [3.05, 3.63) is 12.2 Å². The molecule has 5 heteroatoms. The summed E-state index contributed by atoms with van der Waals surface area (Å²) < 4.78 is 1.61. The van der Waals surface area contributed by atoms with E-state index in [4.69, 9.17) is 5.11 Å². The van der Waals surface area contributed by atoms with Crippen LogP contribution >= 0.6 is 0 Å². The van der Waals surface area contributed by atoms with Gasteiger partial charge in [0.15, 0.2) is 0 Å². The third-order valence-corrected chi connectivity index (χ3v) is 1.96. The zero-order valence-electron chi connectivity index (χ0n) is 7.77. The van der Waals surface area contributed by atoms with Crippen LogP contribution < -0.4 is 0 Å². The molecular weight excluding hydrogens is 170 g/mol. The van der Waals surface area contributed by atoms with E-state index in [1.54, 1.807) is 4.68 Å². The average molecular weight is 183 g/mol. The van der Waals surface area contributed by atoms with Crippen LogP contribution in [-0.4, -0.2) is 25.8 Å². The molecule has 72 valence electrons. The predicted octanol–water partition coefficient (Wildman–Crippen LogP) is 0.876. The zero-order chi connectivity index (χ0) is 9.84. The first-order valence-electron chi connectivity index (χ1n) is 4.31. The highest BCUT2D eigenvalue weighted by Gasteiger charge is 2.22. The highest BCUT2D eigenvalue weighted by molar-refractivity contribution is 5.74. The Balaban J connectivity index is 2.96. The number of aromatic nitrogens is 3. The predicted molar refractivity (Wildman–Crippen MR) is 46.4 cm³/mol. The largest absolute Gasteiger partial charge is 0.481 e. The lowest BCUT2D eigenvalue weighted by Gasteiger charge is -2.09. The number of nitrogens with zero attached hydrogens (tertiary/aromatic N) is 3. The Hall–Kier alpha value is -1.39. The van der Waals surface area contributed by atoms with Crippen molar-refractivity contribution in [2.45, 2.75) is 32.7 Å². The van der Waals surface area contributed by atoms with Gasteiger partial charge in [0.25, 0.3) is 0 Å². The number of aryl methyl sites for hydroxylation is 1. The van der Waals surface area contributed by atoms with E-state index in [0.29, 0.717) is 18.8 Å². The van der Waals surface area contributed by atoms with Crippen LogP contribution in [-0.2, 0) is 11.3 Å². The maximum Gasteiger partial charge on any atom is 0.314 e. The monoisotopic (exact) mass is 183 g/mol. The van der Waals surface area contributed by atoms with E-state index in [1.165, 1.54) is 6.33 Å². The smallest absolute Gasteiger partial charge is 0.314 e. The van der Waals surface area contributed by atoms with Gasteiger partial charge in [-0.05, 0) is 13.3 Å². The van der Waals surface area contributed by atoms with Crippen molar-refractivity contribution in [1.29, 1.82) is 0 Å². The Morgan fingerprint density at radius 1 is 1.69 bits per heavy atom. The van der Waals surface area contributed by atoms with Crippen molar-refractivity contribution in [2.24, 2.45) is 0 Å². The summed E-state index contributed by atoms with van der Waals surface area (Å²) in [5, 5.41) is 12.8. The molecule has 0 radical (unpaired) electrons. The van der Waals surface area contributed by atoms with E-state index in [9.17, 15) is 4.79 Å². The summed E-state index contributed by atoms with van der Waals surface area (Å²) in [4.78, 5) is 14.8. The molecule has 0 aromatic carbocycles. The number of aliphatic carboxylic acids is 1. The van der Waals surface area contributed by atoms with E-state index < -0.39 is 11.9 Å². The zero-order valence-corrected chi connectivity index (χ0v) is 7.77. The van der Waals surface area contributed by atoms with E-state index in [2.05, 4.69) is 10.1 Å². The quantitative estimate of drug-likeness (QED) is 0.752. The molecule has 0 aliphatic carbocycles. The minimum absolute atomic E-state index is 0.536. The first-order chi connectivity index (χ1) is 6.20. The Morgan fingerprint density at radius 2 is 2.38 bits per heavy atom.